The number of carbonyl (C=O) groups is 1. The first-order valence-electron chi connectivity index (χ1n) is 6.44. The smallest absolute Gasteiger partial charge is 0.253 e. The van der Waals surface area contributed by atoms with E-state index >= 15 is 0 Å². The first-order chi connectivity index (χ1) is 9.12. The molecule has 0 aromatic heterocycles. The van der Waals surface area contributed by atoms with Crippen LogP contribution in [0.3, 0.4) is 0 Å². The van der Waals surface area contributed by atoms with Crippen molar-refractivity contribution in [2.75, 3.05) is 26.0 Å². The van der Waals surface area contributed by atoms with Gasteiger partial charge in [0.15, 0.2) is 0 Å². The van der Waals surface area contributed by atoms with Gasteiger partial charge in [-0.1, -0.05) is 13.3 Å². The molecule has 106 valence electrons. The molecule has 0 radical (unpaired) electrons. The van der Waals surface area contributed by atoms with Gasteiger partial charge in [0.1, 0.15) is 5.75 Å². The molecule has 1 atom stereocenters. The topological polar surface area (TPSA) is 84.6 Å². The highest BCUT2D eigenvalue weighted by molar-refractivity contribution is 5.99. The molecule has 1 unspecified atom stereocenters. The number of benzene rings is 1. The third-order valence-corrected chi connectivity index (χ3v) is 3.17. The number of methoxy groups -OCH3 is 1. The Hall–Kier alpha value is -1.75. The zero-order valence-corrected chi connectivity index (χ0v) is 11.5. The highest BCUT2D eigenvalue weighted by atomic mass is 16.5. The summed E-state index contributed by atoms with van der Waals surface area (Å²) in [6.45, 7) is 2.70. The molecule has 1 rings (SSSR count). The van der Waals surface area contributed by atoms with Crippen LogP contribution in [0.2, 0.25) is 0 Å². The summed E-state index contributed by atoms with van der Waals surface area (Å²) in [5, 5.41) is 11.8. The molecule has 0 saturated heterocycles. The molecule has 0 spiro atoms. The van der Waals surface area contributed by atoms with Gasteiger partial charge in [0.05, 0.1) is 12.7 Å². The molecule has 0 fully saturated rings. The van der Waals surface area contributed by atoms with E-state index in [0.29, 0.717) is 30.0 Å². The van der Waals surface area contributed by atoms with Gasteiger partial charge in [0.2, 0.25) is 0 Å². The molecule has 5 nitrogen and oxygen atoms in total. The zero-order chi connectivity index (χ0) is 14.3. The summed E-state index contributed by atoms with van der Waals surface area (Å²) >= 11 is 0. The standard InChI is InChI=1S/C14H22N2O3/c1-3-10(6-7-17)9-16-14(18)12-8-11(19-2)4-5-13(12)15/h4-5,8,10,17H,3,6-7,9,15H2,1-2H3,(H,16,18). The van der Waals surface area contributed by atoms with Crippen molar-refractivity contribution in [1.82, 2.24) is 5.32 Å². The predicted octanol–water partition coefficient (Wildman–Crippen LogP) is 1.42. The van der Waals surface area contributed by atoms with Crippen molar-refractivity contribution in [2.45, 2.75) is 19.8 Å². The Morgan fingerprint density at radius 3 is 2.84 bits per heavy atom. The normalized spacial score (nSPS) is 11.9. The molecule has 1 aromatic rings. The molecule has 1 aromatic carbocycles. The lowest BCUT2D eigenvalue weighted by Gasteiger charge is -2.15. The Morgan fingerprint density at radius 1 is 1.53 bits per heavy atom. The van der Waals surface area contributed by atoms with Gasteiger partial charge in [0, 0.05) is 18.8 Å². The molecule has 0 aliphatic carbocycles. The second-order valence-electron chi connectivity index (χ2n) is 4.45. The fraction of sp³-hybridized carbons (Fsp3) is 0.500. The molecule has 5 heteroatoms. The van der Waals surface area contributed by atoms with Crippen molar-refractivity contribution >= 4 is 11.6 Å². The van der Waals surface area contributed by atoms with Crippen LogP contribution in [0.15, 0.2) is 18.2 Å². The number of nitrogens with two attached hydrogens (primary N) is 1. The Bertz CT molecular complexity index is 421. The summed E-state index contributed by atoms with van der Waals surface area (Å²) in [6.07, 6.45) is 1.60. The Morgan fingerprint density at radius 2 is 2.26 bits per heavy atom. The number of nitrogens with one attached hydrogen (secondary N) is 1. The van der Waals surface area contributed by atoms with Gasteiger partial charge in [-0.25, -0.2) is 0 Å². The Balaban J connectivity index is 2.67. The van der Waals surface area contributed by atoms with E-state index in [1.54, 1.807) is 25.3 Å². The number of aliphatic hydroxyl groups excluding tert-OH is 1. The SMILES string of the molecule is CCC(CCO)CNC(=O)c1cc(OC)ccc1N. The molecule has 4 N–H and O–H groups in total. The van der Waals surface area contributed by atoms with E-state index in [0.717, 1.165) is 6.42 Å². The second kappa shape index (κ2) is 7.63. The van der Waals surface area contributed by atoms with E-state index in [1.165, 1.54) is 0 Å². The average Bonchev–Trinajstić information content (AvgIpc) is 2.43. The van der Waals surface area contributed by atoms with Crippen LogP contribution < -0.4 is 15.8 Å². The third-order valence-electron chi connectivity index (χ3n) is 3.17. The van der Waals surface area contributed by atoms with E-state index < -0.39 is 0 Å². The Kier molecular flexibility index (Phi) is 6.15. The van der Waals surface area contributed by atoms with Crippen LogP contribution in [0.25, 0.3) is 0 Å². The maximum atomic E-state index is 12.0. The summed E-state index contributed by atoms with van der Waals surface area (Å²) in [6, 6.07) is 4.99. The fourth-order valence-corrected chi connectivity index (χ4v) is 1.82. The van der Waals surface area contributed by atoms with E-state index in [-0.39, 0.29) is 18.4 Å². The zero-order valence-electron chi connectivity index (χ0n) is 11.5. The molecule has 1 amide bonds. The van der Waals surface area contributed by atoms with E-state index in [1.807, 2.05) is 6.92 Å². The Labute approximate surface area is 113 Å². The number of hydrogen-bond acceptors (Lipinski definition) is 4. The van der Waals surface area contributed by atoms with Crippen molar-refractivity contribution in [3.63, 3.8) is 0 Å². The molecule has 0 heterocycles. The van der Waals surface area contributed by atoms with Crippen molar-refractivity contribution in [2.24, 2.45) is 5.92 Å². The number of hydrogen-bond donors (Lipinski definition) is 3. The minimum atomic E-state index is -0.215. The van der Waals surface area contributed by atoms with Gasteiger partial charge < -0.3 is 20.9 Å². The average molecular weight is 266 g/mol. The minimum absolute atomic E-state index is 0.135. The van der Waals surface area contributed by atoms with Gasteiger partial charge in [-0.2, -0.15) is 0 Å². The quantitative estimate of drug-likeness (QED) is 0.652. The minimum Gasteiger partial charge on any atom is -0.497 e. The van der Waals surface area contributed by atoms with Gasteiger partial charge in [-0.3, -0.25) is 4.79 Å². The molecule has 0 aliphatic heterocycles. The van der Waals surface area contributed by atoms with Crippen molar-refractivity contribution in [3.8, 4) is 5.75 Å². The van der Waals surface area contributed by atoms with Gasteiger partial charge in [-0.15, -0.1) is 0 Å². The highest BCUT2D eigenvalue weighted by Crippen LogP contribution is 2.19. The van der Waals surface area contributed by atoms with Gasteiger partial charge >= 0.3 is 0 Å². The first kappa shape index (κ1) is 15.3. The van der Waals surface area contributed by atoms with Crippen LogP contribution in [0.1, 0.15) is 30.1 Å². The van der Waals surface area contributed by atoms with E-state index in [2.05, 4.69) is 5.32 Å². The number of amides is 1. The van der Waals surface area contributed by atoms with Crippen LogP contribution in [0, 0.1) is 5.92 Å². The van der Waals surface area contributed by atoms with Crippen LogP contribution >= 0.6 is 0 Å². The number of aliphatic hydroxyl groups is 1. The van der Waals surface area contributed by atoms with Crippen molar-refractivity contribution < 1.29 is 14.6 Å². The van der Waals surface area contributed by atoms with Crippen LogP contribution in [0.5, 0.6) is 5.75 Å². The van der Waals surface area contributed by atoms with Crippen molar-refractivity contribution in [3.05, 3.63) is 23.8 Å². The number of carbonyl (C=O) groups excluding carboxylic acids is 1. The first-order valence-corrected chi connectivity index (χ1v) is 6.44. The lowest BCUT2D eigenvalue weighted by Crippen LogP contribution is -2.30. The van der Waals surface area contributed by atoms with E-state index in [4.69, 9.17) is 15.6 Å². The summed E-state index contributed by atoms with van der Waals surface area (Å²) in [4.78, 5) is 12.0. The molecule has 0 saturated carbocycles. The lowest BCUT2D eigenvalue weighted by molar-refractivity contribution is 0.0944. The molecule has 0 aliphatic rings. The maximum absolute atomic E-state index is 12.0. The van der Waals surface area contributed by atoms with Crippen LogP contribution in [-0.4, -0.2) is 31.3 Å². The number of rotatable bonds is 7. The van der Waals surface area contributed by atoms with E-state index in [9.17, 15) is 4.79 Å². The van der Waals surface area contributed by atoms with Gasteiger partial charge in [-0.05, 0) is 30.5 Å². The summed E-state index contributed by atoms with van der Waals surface area (Å²) in [7, 11) is 1.54. The summed E-state index contributed by atoms with van der Waals surface area (Å²) < 4.78 is 5.08. The molecular weight excluding hydrogens is 244 g/mol. The largest absolute Gasteiger partial charge is 0.497 e. The second-order valence-corrected chi connectivity index (χ2v) is 4.45. The summed E-state index contributed by atoms with van der Waals surface area (Å²) in [5.74, 6) is 0.662. The van der Waals surface area contributed by atoms with Crippen molar-refractivity contribution in [1.29, 1.82) is 0 Å². The monoisotopic (exact) mass is 266 g/mol. The summed E-state index contributed by atoms with van der Waals surface area (Å²) in [5.41, 5.74) is 6.63. The van der Waals surface area contributed by atoms with Gasteiger partial charge in [0.25, 0.3) is 5.91 Å². The molecule has 0 bridgehead atoms. The third kappa shape index (κ3) is 4.44. The highest BCUT2D eigenvalue weighted by Gasteiger charge is 2.13. The predicted molar refractivity (Wildman–Crippen MR) is 75.2 cm³/mol. The van der Waals surface area contributed by atoms with Crippen LogP contribution in [0.4, 0.5) is 5.69 Å². The number of nitrogen functional groups attached to an aromatic ring is 1. The fourth-order valence-electron chi connectivity index (χ4n) is 1.82. The molecular formula is C14H22N2O3. The number of anilines is 1. The number of ether oxygens (including phenoxy) is 1. The maximum Gasteiger partial charge on any atom is 0.253 e. The molecule has 19 heavy (non-hydrogen) atoms. The van der Waals surface area contributed by atoms with Crippen LogP contribution in [-0.2, 0) is 0 Å². The lowest BCUT2D eigenvalue weighted by atomic mass is 10.0.